The number of aromatic nitrogens is 1. The molecule has 1 atom stereocenters. The van der Waals surface area contributed by atoms with Crippen LogP contribution in [0, 0.1) is 0 Å². The lowest BCUT2D eigenvalue weighted by atomic mass is 10.1. The number of rotatable bonds is 3. The second-order valence-corrected chi connectivity index (χ2v) is 7.92. The molecule has 0 aromatic carbocycles. The van der Waals surface area contributed by atoms with Gasteiger partial charge in [0.05, 0.1) is 10.9 Å². The van der Waals surface area contributed by atoms with Gasteiger partial charge in [-0.2, -0.15) is 15.6 Å². The minimum Gasteiger partial charge on any atom is -0.326 e. The van der Waals surface area contributed by atoms with Gasteiger partial charge >= 0.3 is 0 Å². The monoisotopic (exact) mass is 344 g/mol. The zero-order valence-electron chi connectivity index (χ0n) is 11.0. The molecular weight excluding hydrogens is 332 g/mol. The first-order chi connectivity index (χ1) is 10.00. The van der Waals surface area contributed by atoms with Crippen LogP contribution in [0.4, 0.5) is 0 Å². The topological polar surface area (TPSA) is 70.2 Å². The summed E-state index contributed by atoms with van der Waals surface area (Å²) >= 11 is 7.29. The molecule has 1 aliphatic rings. The summed E-state index contributed by atoms with van der Waals surface area (Å²) in [5.74, 6) is 0. The molecule has 112 valence electrons. The second kappa shape index (κ2) is 5.57. The molecule has 0 radical (unpaired) electrons. The smallest absolute Gasteiger partial charge is 0.266 e. The SMILES string of the molecule is O=c1[nH]cc(S(=O)(=O)N2CCCC2c2ccsc2)cc1Cl. The van der Waals surface area contributed by atoms with E-state index in [0.29, 0.717) is 6.54 Å². The standard InChI is InChI=1S/C13H13ClN2O3S2/c14-11-6-10(7-15-13(11)17)21(18,19)16-4-1-2-12(16)9-3-5-20-8-9/h3,5-8,12H,1-2,4H2,(H,15,17). The number of pyridine rings is 1. The molecule has 0 saturated carbocycles. The third kappa shape index (κ3) is 2.66. The fourth-order valence-electron chi connectivity index (χ4n) is 2.55. The maximum absolute atomic E-state index is 12.8. The van der Waals surface area contributed by atoms with Gasteiger partial charge in [-0.25, -0.2) is 8.42 Å². The number of hydrogen-bond donors (Lipinski definition) is 1. The number of thiophene rings is 1. The van der Waals surface area contributed by atoms with Crippen molar-refractivity contribution < 1.29 is 8.42 Å². The average molecular weight is 345 g/mol. The molecule has 1 saturated heterocycles. The van der Waals surface area contributed by atoms with Crippen molar-refractivity contribution in [3.05, 3.63) is 50.0 Å². The highest BCUT2D eigenvalue weighted by Crippen LogP contribution is 2.37. The van der Waals surface area contributed by atoms with Crippen molar-refractivity contribution in [1.82, 2.24) is 9.29 Å². The summed E-state index contributed by atoms with van der Waals surface area (Å²) in [5.41, 5.74) is 0.517. The van der Waals surface area contributed by atoms with Crippen molar-refractivity contribution >= 4 is 33.0 Å². The molecule has 1 fully saturated rings. The van der Waals surface area contributed by atoms with Crippen molar-refractivity contribution in [3.63, 3.8) is 0 Å². The Morgan fingerprint density at radius 3 is 2.90 bits per heavy atom. The van der Waals surface area contributed by atoms with Crippen LogP contribution < -0.4 is 5.56 Å². The summed E-state index contributed by atoms with van der Waals surface area (Å²) in [5, 5.41) is 3.79. The number of hydrogen-bond acceptors (Lipinski definition) is 4. The predicted molar refractivity (Wildman–Crippen MR) is 82.3 cm³/mol. The van der Waals surface area contributed by atoms with Crippen molar-refractivity contribution in [2.45, 2.75) is 23.8 Å². The number of H-pyrrole nitrogens is 1. The lowest BCUT2D eigenvalue weighted by molar-refractivity contribution is 0.397. The number of aromatic amines is 1. The van der Waals surface area contributed by atoms with E-state index < -0.39 is 15.6 Å². The van der Waals surface area contributed by atoms with E-state index in [2.05, 4.69) is 4.98 Å². The van der Waals surface area contributed by atoms with E-state index in [0.717, 1.165) is 18.4 Å². The average Bonchev–Trinajstić information content (AvgIpc) is 3.11. The molecule has 8 heteroatoms. The number of nitrogens with zero attached hydrogens (tertiary/aromatic N) is 1. The van der Waals surface area contributed by atoms with E-state index in [1.165, 1.54) is 16.6 Å². The normalized spacial score (nSPS) is 20.0. The summed E-state index contributed by atoms with van der Waals surface area (Å²) in [6.07, 6.45) is 2.82. The summed E-state index contributed by atoms with van der Waals surface area (Å²) in [6, 6.07) is 3.01. The van der Waals surface area contributed by atoms with Crippen molar-refractivity contribution in [1.29, 1.82) is 0 Å². The Morgan fingerprint density at radius 1 is 1.43 bits per heavy atom. The van der Waals surface area contributed by atoms with E-state index >= 15 is 0 Å². The lowest BCUT2D eigenvalue weighted by Gasteiger charge is -2.23. The van der Waals surface area contributed by atoms with Gasteiger partial charge in [-0.15, -0.1) is 0 Å². The van der Waals surface area contributed by atoms with Gasteiger partial charge in [0, 0.05) is 12.7 Å². The Balaban J connectivity index is 2.01. The van der Waals surface area contributed by atoms with Crippen LogP contribution in [-0.2, 0) is 10.0 Å². The Kier molecular flexibility index (Phi) is 3.92. The molecule has 3 rings (SSSR count). The quantitative estimate of drug-likeness (QED) is 0.930. The van der Waals surface area contributed by atoms with Gasteiger partial charge < -0.3 is 4.98 Å². The van der Waals surface area contributed by atoms with Crippen LogP contribution in [0.5, 0.6) is 0 Å². The molecule has 1 aliphatic heterocycles. The van der Waals surface area contributed by atoms with Crippen LogP contribution in [0.1, 0.15) is 24.4 Å². The fourth-order valence-corrected chi connectivity index (χ4v) is 5.17. The van der Waals surface area contributed by atoms with Crippen LogP contribution >= 0.6 is 22.9 Å². The molecule has 0 bridgehead atoms. The Hall–Kier alpha value is -1.15. The number of nitrogens with one attached hydrogen (secondary N) is 1. The van der Waals surface area contributed by atoms with Gasteiger partial charge in [-0.1, -0.05) is 11.6 Å². The summed E-state index contributed by atoms with van der Waals surface area (Å²) in [6.45, 7) is 0.472. The zero-order chi connectivity index (χ0) is 15.0. The molecule has 1 unspecified atom stereocenters. The third-order valence-electron chi connectivity index (χ3n) is 3.57. The van der Waals surface area contributed by atoms with Gasteiger partial charge in [-0.05, 0) is 41.3 Å². The van der Waals surface area contributed by atoms with Gasteiger partial charge in [0.25, 0.3) is 5.56 Å². The minimum absolute atomic E-state index is 0.0224. The third-order valence-corrected chi connectivity index (χ3v) is 6.44. The molecule has 2 aromatic heterocycles. The molecule has 2 aromatic rings. The molecule has 0 amide bonds. The number of sulfonamides is 1. The van der Waals surface area contributed by atoms with Gasteiger partial charge in [0.2, 0.25) is 10.0 Å². The first-order valence-corrected chi connectivity index (χ1v) is 9.18. The van der Waals surface area contributed by atoms with Crippen LogP contribution in [0.25, 0.3) is 0 Å². The van der Waals surface area contributed by atoms with Gasteiger partial charge in [-0.3, -0.25) is 4.79 Å². The Labute approximate surface area is 131 Å². The Bertz CT molecular complexity index is 799. The number of halogens is 1. The molecule has 0 aliphatic carbocycles. The Morgan fingerprint density at radius 2 is 2.24 bits per heavy atom. The zero-order valence-corrected chi connectivity index (χ0v) is 13.3. The summed E-state index contributed by atoms with van der Waals surface area (Å²) < 4.78 is 27.0. The highest BCUT2D eigenvalue weighted by molar-refractivity contribution is 7.89. The predicted octanol–water partition coefficient (Wildman–Crippen LogP) is 2.62. The van der Waals surface area contributed by atoms with Crippen molar-refractivity contribution in [3.8, 4) is 0 Å². The minimum atomic E-state index is -3.67. The van der Waals surface area contributed by atoms with Gasteiger partial charge in [0.15, 0.2) is 0 Å². The van der Waals surface area contributed by atoms with Gasteiger partial charge in [0.1, 0.15) is 5.02 Å². The first kappa shape index (κ1) is 14.8. The molecule has 0 spiro atoms. The fraction of sp³-hybridized carbons (Fsp3) is 0.308. The maximum Gasteiger partial charge on any atom is 0.266 e. The van der Waals surface area contributed by atoms with E-state index in [1.54, 1.807) is 11.3 Å². The summed E-state index contributed by atoms with van der Waals surface area (Å²) in [7, 11) is -3.67. The molecule has 1 N–H and O–H groups in total. The second-order valence-electron chi connectivity index (χ2n) is 4.84. The van der Waals surface area contributed by atoms with Crippen molar-refractivity contribution in [2.24, 2.45) is 0 Å². The molecular formula is C13H13ClN2O3S2. The van der Waals surface area contributed by atoms with E-state index in [4.69, 9.17) is 11.6 Å². The molecule has 3 heterocycles. The first-order valence-electron chi connectivity index (χ1n) is 6.42. The van der Waals surface area contributed by atoms with Crippen LogP contribution in [-0.4, -0.2) is 24.3 Å². The van der Waals surface area contributed by atoms with E-state index in [-0.39, 0.29) is 16.0 Å². The lowest BCUT2D eigenvalue weighted by Crippen LogP contribution is -2.31. The summed E-state index contributed by atoms with van der Waals surface area (Å²) in [4.78, 5) is 13.7. The van der Waals surface area contributed by atoms with Crippen LogP contribution in [0.3, 0.4) is 0 Å². The van der Waals surface area contributed by atoms with Crippen LogP contribution in [0.15, 0.2) is 38.8 Å². The van der Waals surface area contributed by atoms with Crippen LogP contribution in [0.2, 0.25) is 5.02 Å². The maximum atomic E-state index is 12.8. The van der Waals surface area contributed by atoms with E-state index in [9.17, 15) is 13.2 Å². The van der Waals surface area contributed by atoms with E-state index in [1.807, 2.05) is 16.8 Å². The largest absolute Gasteiger partial charge is 0.326 e. The highest BCUT2D eigenvalue weighted by Gasteiger charge is 2.36. The highest BCUT2D eigenvalue weighted by atomic mass is 35.5. The molecule has 5 nitrogen and oxygen atoms in total. The van der Waals surface area contributed by atoms with Crippen molar-refractivity contribution in [2.75, 3.05) is 6.54 Å². The molecule has 21 heavy (non-hydrogen) atoms.